The lowest BCUT2D eigenvalue weighted by atomic mass is 9.85. The fourth-order valence-electron chi connectivity index (χ4n) is 7.00. The molecule has 0 aromatic rings. The molecule has 66 heavy (non-hydrogen) atoms. The Morgan fingerprint density at radius 3 is 1.58 bits per heavy atom. The fourth-order valence-corrected chi connectivity index (χ4v) is 8.53. The number of carbonyl (C=O) groups excluding carboxylic acids is 2. The van der Waals surface area contributed by atoms with Gasteiger partial charge >= 0.3 is 27.6 Å². The summed E-state index contributed by atoms with van der Waals surface area (Å²) in [7, 11) is -10.8. The van der Waals surface area contributed by atoms with E-state index in [0.29, 0.717) is 6.42 Å². The van der Waals surface area contributed by atoms with Gasteiger partial charge < -0.3 is 49.7 Å². The standard InChI is InChI=1S/C47H82O17P2/c1-3-5-7-9-11-13-15-17-18-20-22-24-26-28-30-34-40(49)60-36-39(37-61-66(58,59)64-47-44(53)42(51)43(52)46(45(47)54)63-65(55,56)57)62-41(50)35-31-33-38(48)32-29-27-25-23-21-19-16-14-12-10-8-6-4-2/h6,8,12,14,19,21,25,27,29,32,38-39,42-48,51-54H,3-5,7,9-11,13,15-18,20,22-24,26,28,30-31,33-37H2,1-2H3,(H,58,59)(H2,55,56,57)/b8-6-,14-12-,21-19-,27-25-,32-29+/t38?,39-,42?,43?,44?,45?,46-,47+/m1/s1. The van der Waals surface area contributed by atoms with E-state index in [-0.39, 0.29) is 25.7 Å². The van der Waals surface area contributed by atoms with Gasteiger partial charge in [-0.15, -0.1) is 0 Å². The maximum atomic E-state index is 13.0. The van der Waals surface area contributed by atoms with Crippen LogP contribution in [0.3, 0.4) is 0 Å². The summed E-state index contributed by atoms with van der Waals surface area (Å²) in [4.78, 5) is 54.3. The quantitative estimate of drug-likeness (QED) is 0.00951. The molecular weight excluding hydrogens is 898 g/mol. The van der Waals surface area contributed by atoms with Gasteiger partial charge in [0, 0.05) is 12.8 Å². The van der Waals surface area contributed by atoms with Gasteiger partial charge in [-0.05, 0) is 44.9 Å². The molecule has 0 amide bonds. The second-order valence-corrected chi connectivity index (χ2v) is 19.3. The predicted molar refractivity (Wildman–Crippen MR) is 252 cm³/mol. The Kier molecular flexibility index (Phi) is 35.1. The van der Waals surface area contributed by atoms with E-state index in [1.54, 1.807) is 18.2 Å². The molecule has 19 heteroatoms. The van der Waals surface area contributed by atoms with E-state index in [1.165, 1.54) is 64.2 Å². The molecule has 0 heterocycles. The highest BCUT2D eigenvalue weighted by molar-refractivity contribution is 7.47. The molecule has 9 atom stereocenters. The van der Waals surface area contributed by atoms with Crippen LogP contribution in [0.5, 0.6) is 0 Å². The zero-order chi connectivity index (χ0) is 49.1. The Bertz CT molecular complexity index is 1530. The average molecular weight is 981 g/mol. The third-order valence-electron chi connectivity index (χ3n) is 10.7. The summed E-state index contributed by atoms with van der Waals surface area (Å²) in [6.45, 7) is 2.83. The van der Waals surface area contributed by atoms with Crippen molar-refractivity contribution in [3.8, 4) is 0 Å². The molecule has 0 aromatic carbocycles. The molecule has 0 saturated heterocycles. The van der Waals surface area contributed by atoms with E-state index in [4.69, 9.17) is 18.5 Å². The number of hydrogen-bond acceptors (Lipinski definition) is 14. The van der Waals surface area contributed by atoms with E-state index in [0.717, 1.165) is 51.4 Å². The van der Waals surface area contributed by atoms with Crippen molar-refractivity contribution < 1.29 is 82.0 Å². The average Bonchev–Trinajstić information content (AvgIpc) is 3.26. The molecule has 17 nitrogen and oxygen atoms in total. The minimum absolute atomic E-state index is 0.0805. The second-order valence-electron chi connectivity index (χ2n) is 16.7. The number of phosphoric acid groups is 2. The summed E-state index contributed by atoms with van der Waals surface area (Å²) in [6.07, 6.45) is 24.8. The zero-order valence-corrected chi connectivity index (χ0v) is 41.0. The van der Waals surface area contributed by atoms with Gasteiger partial charge in [0.25, 0.3) is 0 Å². The van der Waals surface area contributed by atoms with Crippen molar-refractivity contribution in [2.24, 2.45) is 0 Å². The van der Waals surface area contributed by atoms with Crippen LogP contribution in [-0.2, 0) is 41.8 Å². The summed E-state index contributed by atoms with van der Waals surface area (Å²) in [5.74, 6) is -1.41. The van der Waals surface area contributed by atoms with Crippen LogP contribution >= 0.6 is 15.6 Å². The molecule has 6 unspecified atom stereocenters. The first-order chi connectivity index (χ1) is 31.5. The molecule has 1 aliphatic rings. The Labute approximate surface area is 392 Å². The fraction of sp³-hybridized carbons (Fsp3) is 0.745. The highest BCUT2D eigenvalue weighted by atomic mass is 31.2. The Balaban J connectivity index is 2.68. The molecule has 1 saturated carbocycles. The van der Waals surface area contributed by atoms with Crippen molar-refractivity contribution >= 4 is 27.6 Å². The zero-order valence-electron chi connectivity index (χ0n) is 39.2. The van der Waals surface area contributed by atoms with Crippen LogP contribution in [0.4, 0.5) is 0 Å². The minimum atomic E-state index is -5.39. The van der Waals surface area contributed by atoms with E-state index < -0.39 is 89.6 Å². The maximum Gasteiger partial charge on any atom is 0.472 e. The number of carbonyl (C=O) groups is 2. The number of esters is 2. The molecule has 8 N–H and O–H groups in total. The van der Waals surface area contributed by atoms with Crippen LogP contribution in [0, 0.1) is 0 Å². The molecule has 1 aliphatic carbocycles. The highest BCUT2D eigenvalue weighted by Crippen LogP contribution is 2.49. The number of phosphoric ester groups is 2. The van der Waals surface area contributed by atoms with Gasteiger partial charge in [-0.3, -0.25) is 23.2 Å². The van der Waals surface area contributed by atoms with Crippen LogP contribution in [0.15, 0.2) is 60.8 Å². The monoisotopic (exact) mass is 981 g/mol. The van der Waals surface area contributed by atoms with Crippen LogP contribution in [0.1, 0.15) is 162 Å². The minimum Gasteiger partial charge on any atom is -0.462 e. The second kappa shape index (κ2) is 37.5. The SMILES string of the molecule is CC/C=C\C/C=C\C/C=C\C/C=C\C=C\C(O)CCCC(=O)O[C@H](COC(=O)CCCCCCCCCCCCCCCCC)COP(=O)(O)O[C@H]1C(O)C(O)C(O)[C@@H](OP(=O)(O)O)C1O. The molecule has 382 valence electrons. The van der Waals surface area contributed by atoms with Gasteiger partial charge in [0.1, 0.15) is 43.2 Å². The Morgan fingerprint density at radius 1 is 0.561 bits per heavy atom. The van der Waals surface area contributed by atoms with Crippen molar-refractivity contribution in [2.45, 2.75) is 210 Å². The lowest BCUT2D eigenvalue weighted by Crippen LogP contribution is -2.64. The number of hydrogen-bond donors (Lipinski definition) is 8. The summed E-state index contributed by atoms with van der Waals surface area (Å²) < 4.78 is 49.2. The summed E-state index contributed by atoms with van der Waals surface area (Å²) in [5.41, 5.74) is 0. The van der Waals surface area contributed by atoms with Crippen molar-refractivity contribution in [3.63, 3.8) is 0 Å². The topological polar surface area (TPSA) is 276 Å². The Hall–Kier alpha value is -2.34. The maximum absolute atomic E-state index is 13.0. The van der Waals surface area contributed by atoms with Gasteiger partial charge in [-0.2, -0.15) is 0 Å². The largest absolute Gasteiger partial charge is 0.472 e. The molecule has 0 aliphatic heterocycles. The Morgan fingerprint density at radius 2 is 1.05 bits per heavy atom. The lowest BCUT2D eigenvalue weighted by Gasteiger charge is -2.43. The molecule has 0 spiro atoms. The number of ether oxygens (including phenoxy) is 2. The normalized spacial score (nSPS) is 22.5. The smallest absolute Gasteiger partial charge is 0.462 e. The third-order valence-corrected chi connectivity index (χ3v) is 12.2. The molecule has 1 rings (SSSR count). The van der Waals surface area contributed by atoms with Gasteiger partial charge in [-0.1, -0.05) is 164 Å². The number of allylic oxidation sites excluding steroid dienone is 9. The molecule has 1 fully saturated rings. The van der Waals surface area contributed by atoms with Gasteiger partial charge in [0.05, 0.1) is 12.7 Å². The van der Waals surface area contributed by atoms with Gasteiger partial charge in [0.2, 0.25) is 0 Å². The van der Waals surface area contributed by atoms with Crippen molar-refractivity contribution in [1.29, 1.82) is 0 Å². The van der Waals surface area contributed by atoms with Crippen molar-refractivity contribution in [3.05, 3.63) is 60.8 Å². The summed E-state index contributed by atoms with van der Waals surface area (Å²) in [6, 6.07) is 0. The van der Waals surface area contributed by atoms with Crippen LogP contribution in [0.2, 0.25) is 0 Å². The van der Waals surface area contributed by atoms with Crippen LogP contribution in [0.25, 0.3) is 0 Å². The van der Waals surface area contributed by atoms with Gasteiger partial charge in [0.15, 0.2) is 6.10 Å². The number of aliphatic hydroxyl groups excluding tert-OH is 5. The van der Waals surface area contributed by atoms with E-state index >= 15 is 0 Å². The number of aliphatic hydroxyl groups is 5. The molecule has 0 bridgehead atoms. The first kappa shape index (κ1) is 61.7. The third kappa shape index (κ3) is 31.7. The lowest BCUT2D eigenvalue weighted by molar-refractivity contribution is -0.216. The predicted octanol–water partition coefficient (Wildman–Crippen LogP) is 8.03. The summed E-state index contributed by atoms with van der Waals surface area (Å²) >= 11 is 0. The highest BCUT2D eigenvalue weighted by Gasteiger charge is 2.54. The number of unbranched alkanes of at least 4 members (excludes halogenated alkanes) is 14. The van der Waals surface area contributed by atoms with Crippen LogP contribution in [-0.4, -0.2) is 114 Å². The van der Waals surface area contributed by atoms with Gasteiger partial charge in [-0.25, -0.2) is 9.13 Å². The molecule has 0 radical (unpaired) electrons. The number of rotatable bonds is 39. The van der Waals surface area contributed by atoms with E-state index in [2.05, 4.69) is 48.8 Å². The van der Waals surface area contributed by atoms with Crippen molar-refractivity contribution in [1.82, 2.24) is 0 Å². The molecule has 0 aromatic heterocycles. The van der Waals surface area contributed by atoms with E-state index in [1.807, 2.05) is 12.2 Å². The summed E-state index contributed by atoms with van der Waals surface area (Å²) in [5, 5.41) is 51.6. The van der Waals surface area contributed by atoms with Crippen molar-refractivity contribution in [2.75, 3.05) is 13.2 Å². The van der Waals surface area contributed by atoms with E-state index in [9.17, 15) is 58.9 Å². The molecular formula is C47H82O17P2. The first-order valence-corrected chi connectivity index (χ1v) is 27.0. The first-order valence-electron chi connectivity index (χ1n) is 23.9. The van der Waals surface area contributed by atoms with Crippen LogP contribution < -0.4 is 0 Å².